The molecule has 150 valence electrons. The van der Waals surface area contributed by atoms with Gasteiger partial charge in [-0.05, 0) is 85.7 Å². The summed E-state index contributed by atoms with van der Waals surface area (Å²) in [6.45, 7) is 3.87. The van der Waals surface area contributed by atoms with E-state index in [2.05, 4.69) is 5.32 Å². The highest BCUT2D eigenvalue weighted by Gasteiger charge is 2.35. The lowest BCUT2D eigenvalue weighted by Crippen LogP contribution is -2.54. The third-order valence-corrected chi connectivity index (χ3v) is 5.40. The van der Waals surface area contributed by atoms with Crippen LogP contribution in [0.5, 0.6) is 5.75 Å². The van der Waals surface area contributed by atoms with E-state index in [-0.39, 0.29) is 16.4 Å². The van der Waals surface area contributed by atoms with Gasteiger partial charge in [-0.15, -0.1) is 0 Å². The Morgan fingerprint density at radius 2 is 1.73 bits per heavy atom. The second-order valence-corrected chi connectivity index (χ2v) is 7.38. The van der Waals surface area contributed by atoms with Gasteiger partial charge in [-0.3, -0.25) is 19.8 Å². The van der Waals surface area contributed by atoms with Gasteiger partial charge in [0, 0.05) is 17.6 Å². The van der Waals surface area contributed by atoms with E-state index in [1.54, 1.807) is 42.5 Å². The molecular formula is C23H19N3O3S. The van der Waals surface area contributed by atoms with E-state index >= 15 is 0 Å². The molecule has 0 atom stereocenters. The number of rotatable bonds is 3. The molecule has 0 aliphatic carbocycles. The summed E-state index contributed by atoms with van der Waals surface area (Å²) in [6.07, 6.45) is 3.36. The Bertz CT molecular complexity index is 1210. The highest BCUT2D eigenvalue weighted by atomic mass is 32.1. The van der Waals surface area contributed by atoms with Gasteiger partial charge in [0.15, 0.2) is 5.11 Å². The summed E-state index contributed by atoms with van der Waals surface area (Å²) < 4.78 is 1.82. The molecule has 0 unspecified atom stereocenters. The van der Waals surface area contributed by atoms with E-state index < -0.39 is 11.8 Å². The standard InChI is InChI=1S/C23H19N3O3S/c1-14-5-3-7-20(15(14)2)26-22(29)19(21(28)24-23(26)30)13-17-6-4-12-25(17)16-8-10-18(27)11-9-16/h3-13,27H,1-2H3,(H,24,28,30). The molecule has 0 spiro atoms. The molecule has 3 aromatic rings. The van der Waals surface area contributed by atoms with Gasteiger partial charge in [0.05, 0.1) is 5.69 Å². The fourth-order valence-corrected chi connectivity index (χ4v) is 3.64. The number of aromatic hydroxyl groups is 1. The Kier molecular flexibility index (Phi) is 4.97. The number of aromatic nitrogens is 1. The number of nitrogens with one attached hydrogen (secondary N) is 1. The molecule has 1 saturated heterocycles. The molecule has 0 bridgehead atoms. The number of thiocarbonyl (C=S) groups is 1. The van der Waals surface area contributed by atoms with E-state index in [1.165, 1.54) is 4.90 Å². The number of nitrogens with zero attached hydrogens (tertiary/aromatic N) is 2. The summed E-state index contributed by atoms with van der Waals surface area (Å²) in [4.78, 5) is 27.3. The number of phenols is 1. The van der Waals surface area contributed by atoms with Gasteiger partial charge >= 0.3 is 0 Å². The fourth-order valence-electron chi connectivity index (χ4n) is 3.36. The lowest BCUT2D eigenvalue weighted by atomic mass is 10.0. The average molecular weight is 417 g/mol. The maximum Gasteiger partial charge on any atom is 0.270 e. The first-order valence-electron chi connectivity index (χ1n) is 9.31. The van der Waals surface area contributed by atoms with Crippen molar-refractivity contribution in [2.24, 2.45) is 0 Å². The molecule has 1 fully saturated rings. The minimum Gasteiger partial charge on any atom is -0.508 e. The first-order valence-corrected chi connectivity index (χ1v) is 9.72. The molecule has 1 aromatic heterocycles. The lowest BCUT2D eigenvalue weighted by Gasteiger charge is -2.30. The summed E-state index contributed by atoms with van der Waals surface area (Å²) in [7, 11) is 0. The van der Waals surface area contributed by atoms with Crippen LogP contribution < -0.4 is 10.2 Å². The van der Waals surface area contributed by atoms with Crippen LogP contribution in [0.3, 0.4) is 0 Å². The molecule has 2 aromatic carbocycles. The topological polar surface area (TPSA) is 74.6 Å². The number of hydrogen-bond acceptors (Lipinski definition) is 4. The SMILES string of the molecule is Cc1cccc(N2C(=O)C(=Cc3cccn3-c3ccc(O)cc3)C(=O)NC2=S)c1C. The van der Waals surface area contributed by atoms with Crippen LogP contribution in [0.2, 0.25) is 0 Å². The molecule has 0 radical (unpaired) electrons. The van der Waals surface area contributed by atoms with Crippen molar-refractivity contribution in [2.75, 3.05) is 4.90 Å². The monoisotopic (exact) mass is 417 g/mol. The summed E-state index contributed by atoms with van der Waals surface area (Å²) in [5.41, 5.74) is 4.00. The maximum absolute atomic E-state index is 13.3. The van der Waals surface area contributed by atoms with E-state index in [4.69, 9.17) is 12.2 Å². The second-order valence-electron chi connectivity index (χ2n) is 7.00. The highest BCUT2D eigenvalue weighted by Crippen LogP contribution is 2.27. The number of carbonyl (C=O) groups excluding carboxylic acids is 2. The number of phenolic OH excluding ortho intramolecular Hbond substituents is 1. The molecule has 0 saturated carbocycles. The predicted octanol–water partition coefficient (Wildman–Crippen LogP) is 3.63. The van der Waals surface area contributed by atoms with Crippen molar-refractivity contribution in [3.05, 3.63) is 83.2 Å². The Morgan fingerprint density at radius 3 is 2.47 bits per heavy atom. The van der Waals surface area contributed by atoms with E-state index in [0.717, 1.165) is 16.8 Å². The number of amides is 2. The number of anilines is 1. The molecule has 30 heavy (non-hydrogen) atoms. The van der Waals surface area contributed by atoms with Crippen LogP contribution in [0.4, 0.5) is 5.69 Å². The van der Waals surface area contributed by atoms with Gasteiger partial charge in [0.2, 0.25) is 0 Å². The minimum atomic E-state index is -0.537. The van der Waals surface area contributed by atoms with Gasteiger partial charge < -0.3 is 9.67 Å². The molecule has 2 amide bonds. The van der Waals surface area contributed by atoms with Gasteiger partial charge in [0.1, 0.15) is 11.3 Å². The zero-order valence-electron chi connectivity index (χ0n) is 16.4. The maximum atomic E-state index is 13.3. The van der Waals surface area contributed by atoms with Crippen molar-refractivity contribution in [3.63, 3.8) is 0 Å². The molecule has 2 N–H and O–H groups in total. The van der Waals surface area contributed by atoms with Crippen molar-refractivity contribution in [1.29, 1.82) is 0 Å². The van der Waals surface area contributed by atoms with Crippen LogP contribution in [0.25, 0.3) is 11.8 Å². The molecule has 2 heterocycles. The second kappa shape index (κ2) is 7.61. The van der Waals surface area contributed by atoms with Crippen molar-refractivity contribution in [2.45, 2.75) is 13.8 Å². The normalized spacial score (nSPS) is 15.6. The Labute approximate surface area is 179 Å². The Morgan fingerprint density at radius 1 is 1.00 bits per heavy atom. The van der Waals surface area contributed by atoms with Crippen LogP contribution in [-0.2, 0) is 9.59 Å². The van der Waals surface area contributed by atoms with Gasteiger partial charge in [0.25, 0.3) is 11.8 Å². The van der Waals surface area contributed by atoms with Crippen molar-refractivity contribution in [3.8, 4) is 11.4 Å². The predicted molar refractivity (Wildman–Crippen MR) is 120 cm³/mol. The third-order valence-electron chi connectivity index (χ3n) is 5.12. The smallest absolute Gasteiger partial charge is 0.270 e. The van der Waals surface area contributed by atoms with E-state index in [0.29, 0.717) is 11.4 Å². The van der Waals surface area contributed by atoms with Crippen LogP contribution in [0.1, 0.15) is 16.8 Å². The summed E-state index contributed by atoms with van der Waals surface area (Å²) in [6, 6.07) is 15.9. The summed E-state index contributed by atoms with van der Waals surface area (Å²) >= 11 is 5.30. The van der Waals surface area contributed by atoms with E-state index in [9.17, 15) is 14.7 Å². The van der Waals surface area contributed by atoms with Crippen molar-refractivity contribution >= 4 is 40.9 Å². The average Bonchev–Trinajstić information content (AvgIpc) is 3.17. The van der Waals surface area contributed by atoms with Crippen LogP contribution in [0.15, 0.2) is 66.4 Å². The third kappa shape index (κ3) is 3.40. The van der Waals surface area contributed by atoms with Crippen molar-refractivity contribution < 1.29 is 14.7 Å². The van der Waals surface area contributed by atoms with Crippen LogP contribution >= 0.6 is 12.2 Å². The number of aryl methyl sites for hydroxylation is 1. The van der Waals surface area contributed by atoms with Crippen LogP contribution in [-0.4, -0.2) is 26.6 Å². The van der Waals surface area contributed by atoms with Gasteiger partial charge in [-0.25, -0.2) is 0 Å². The summed E-state index contributed by atoms with van der Waals surface area (Å²) in [5.74, 6) is -0.855. The molecule has 6 nitrogen and oxygen atoms in total. The minimum absolute atomic E-state index is 0.0109. The van der Waals surface area contributed by atoms with Gasteiger partial charge in [-0.1, -0.05) is 12.1 Å². The number of benzene rings is 2. The van der Waals surface area contributed by atoms with Gasteiger partial charge in [-0.2, -0.15) is 0 Å². The molecule has 1 aliphatic rings. The first kappa shape index (κ1) is 19.6. The van der Waals surface area contributed by atoms with Crippen molar-refractivity contribution in [1.82, 2.24) is 9.88 Å². The molecule has 4 rings (SSSR count). The largest absolute Gasteiger partial charge is 0.508 e. The fraction of sp³-hybridized carbons (Fsp3) is 0.0870. The number of hydrogen-bond donors (Lipinski definition) is 2. The Hall–Kier alpha value is -3.71. The lowest BCUT2D eigenvalue weighted by molar-refractivity contribution is -0.122. The molecule has 1 aliphatic heterocycles. The highest BCUT2D eigenvalue weighted by molar-refractivity contribution is 7.80. The molecule has 7 heteroatoms. The summed E-state index contributed by atoms with van der Waals surface area (Å²) in [5, 5.41) is 12.2. The molecular weight excluding hydrogens is 398 g/mol. The zero-order valence-corrected chi connectivity index (χ0v) is 17.2. The first-order chi connectivity index (χ1) is 14.4. The quantitative estimate of drug-likeness (QED) is 0.388. The number of carbonyl (C=O) groups is 2. The van der Waals surface area contributed by atoms with Crippen LogP contribution in [0, 0.1) is 13.8 Å². The van der Waals surface area contributed by atoms with E-state index in [1.807, 2.05) is 42.8 Å². The Balaban J connectivity index is 1.77. The zero-order chi connectivity index (χ0) is 21.4.